The Balaban J connectivity index is 2.46. The van der Waals surface area contributed by atoms with Crippen molar-refractivity contribution in [2.24, 2.45) is 4.99 Å². The van der Waals surface area contributed by atoms with E-state index in [9.17, 15) is 4.79 Å². The highest BCUT2D eigenvalue weighted by Gasteiger charge is 2.02. The summed E-state index contributed by atoms with van der Waals surface area (Å²) in [6.45, 7) is 1.40. The first-order valence-corrected chi connectivity index (χ1v) is 5.16. The van der Waals surface area contributed by atoms with Gasteiger partial charge < -0.3 is 4.90 Å². The van der Waals surface area contributed by atoms with Crippen molar-refractivity contribution in [1.82, 2.24) is 9.88 Å². The van der Waals surface area contributed by atoms with Crippen LogP contribution in [-0.2, 0) is 17.8 Å². The normalized spacial score (nSPS) is 10.2. The van der Waals surface area contributed by atoms with E-state index in [1.165, 1.54) is 11.0 Å². The van der Waals surface area contributed by atoms with Crippen LogP contribution in [0, 0.1) is 0 Å². The van der Waals surface area contributed by atoms with Gasteiger partial charge in [0.25, 0.3) is 0 Å². The summed E-state index contributed by atoms with van der Waals surface area (Å²) >= 11 is 1.67. The van der Waals surface area contributed by atoms with Crippen molar-refractivity contribution in [2.45, 2.75) is 13.0 Å². The Labute approximate surface area is 87.3 Å². The largest absolute Gasteiger partial charge is 0.304 e. The molecule has 0 aliphatic carbocycles. The summed E-state index contributed by atoms with van der Waals surface area (Å²) in [5, 5.41) is 1.03. The monoisotopic (exact) mass is 211 g/mol. The molecule has 0 radical (unpaired) electrons. The van der Waals surface area contributed by atoms with Gasteiger partial charge in [0.15, 0.2) is 0 Å². The molecule has 1 aromatic rings. The number of hydrogen-bond donors (Lipinski definition) is 0. The van der Waals surface area contributed by atoms with Gasteiger partial charge in [-0.15, -0.1) is 11.3 Å². The van der Waals surface area contributed by atoms with E-state index in [1.807, 2.05) is 20.3 Å². The summed E-state index contributed by atoms with van der Waals surface area (Å²) < 4.78 is 0. The third-order valence-electron chi connectivity index (χ3n) is 1.58. The lowest BCUT2D eigenvalue weighted by atomic mass is 10.4. The molecule has 0 bridgehead atoms. The van der Waals surface area contributed by atoms with E-state index < -0.39 is 0 Å². The number of hydrogen-bond acceptors (Lipinski definition) is 5. The summed E-state index contributed by atoms with van der Waals surface area (Å²) in [6, 6.07) is 0. The number of rotatable bonds is 5. The molecule has 0 saturated carbocycles. The minimum Gasteiger partial charge on any atom is -0.304 e. The van der Waals surface area contributed by atoms with Crippen LogP contribution in [0.3, 0.4) is 0 Å². The lowest BCUT2D eigenvalue weighted by Crippen LogP contribution is -2.09. The fraction of sp³-hybridized carbons (Fsp3) is 0.556. The number of carbonyl (C=O) groups excluding carboxylic acids is 1. The number of aromatic nitrogens is 1. The average Bonchev–Trinajstić information content (AvgIpc) is 2.52. The Morgan fingerprint density at radius 2 is 2.43 bits per heavy atom. The molecule has 76 valence electrons. The van der Waals surface area contributed by atoms with Crippen molar-refractivity contribution in [3.8, 4) is 0 Å². The van der Waals surface area contributed by atoms with Crippen molar-refractivity contribution in [3.63, 3.8) is 0 Å². The first-order valence-electron chi connectivity index (χ1n) is 4.34. The average molecular weight is 211 g/mol. The molecule has 4 nitrogen and oxygen atoms in total. The first kappa shape index (κ1) is 11.0. The van der Waals surface area contributed by atoms with Gasteiger partial charge in [0.1, 0.15) is 0 Å². The molecule has 0 amide bonds. The van der Waals surface area contributed by atoms with E-state index in [4.69, 9.17) is 0 Å². The molecular formula is C9H13N3OS. The van der Waals surface area contributed by atoms with Crippen LogP contribution in [0.2, 0.25) is 0 Å². The molecule has 0 aliphatic rings. The highest BCUT2D eigenvalue weighted by atomic mass is 32.1. The minimum absolute atomic E-state index is 0.485. The van der Waals surface area contributed by atoms with Crippen LogP contribution in [0.4, 0.5) is 0 Å². The molecule has 1 heterocycles. The third kappa shape index (κ3) is 3.79. The fourth-order valence-corrected chi connectivity index (χ4v) is 2.08. The van der Waals surface area contributed by atoms with Crippen LogP contribution in [0.5, 0.6) is 0 Å². The zero-order chi connectivity index (χ0) is 10.4. The number of nitrogens with zero attached hydrogens (tertiary/aromatic N) is 3. The van der Waals surface area contributed by atoms with E-state index in [-0.39, 0.29) is 0 Å². The maximum Gasteiger partial charge on any atom is 0.234 e. The van der Waals surface area contributed by atoms with Crippen LogP contribution in [0.25, 0.3) is 0 Å². The Hall–Kier alpha value is -1.03. The smallest absolute Gasteiger partial charge is 0.234 e. The van der Waals surface area contributed by atoms with Gasteiger partial charge in [0, 0.05) is 24.0 Å². The van der Waals surface area contributed by atoms with Crippen molar-refractivity contribution >= 4 is 17.4 Å². The zero-order valence-corrected chi connectivity index (χ0v) is 9.17. The summed E-state index contributed by atoms with van der Waals surface area (Å²) in [7, 11) is 4.05. The highest BCUT2D eigenvalue weighted by Crippen LogP contribution is 2.14. The minimum atomic E-state index is 0.485. The van der Waals surface area contributed by atoms with E-state index in [2.05, 4.69) is 14.9 Å². The van der Waals surface area contributed by atoms with E-state index >= 15 is 0 Å². The van der Waals surface area contributed by atoms with Crippen LogP contribution < -0.4 is 0 Å². The van der Waals surface area contributed by atoms with Gasteiger partial charge >= 0.3 is 0 Å². The molecule has 0 fully saturated rings. The third-order valence-corrected chi connectivity index (χ3v) is 2.62. The Kier molecular flexibility index (Phi) is 4.46. The van der Waals surface area contributed by atoms with Crippen LogP contribution in [0.1, 0.15) is 9.88 Å². The Bertz CT molecular complexity index is 329. The summed E-state index contributed by atoms with van der Waals surface area (Å²) in [4.78, 5) is 20.9. The van der Waals surface area contributed by atoms with Gasteiger partial charge in [-0.2, -0.15) is 0 Å². The standard InChI is InChI=1S/C9H13N3OS/c1-12(2)6-8-5-11-9(14-8)3-4-10-7-13/h5H,3-4,6H2,1-2H3. The first-order chi connectivity index (χ1) is 6.72. The molecule has 0 atom stereocenters. The molecule has 0 aliphatic heterocycles. The second-order valence-electron chi connectivity index (χ2n) is 3.18. The van der Waals surface area contributed by atoms with Gasteiger partial charge in [-0.1, -0.05) is 0 Å². The van der Waals surface area contributed by atoms with E-state index in [0.717, 1.165) is 18.0 Å². The summed E-state index contributed by atoms with van der Waals surface area (Å²) in [5.41, 5.74) is 0. The molecule has 1 rings (SSSR count). The van der Waals surface area contributed by atoms with Crippen molar-refractivity contribution in [1.29, 1.82) is 0 Å². The van der Waals surface area contributed by atoms with Crippen molar-refractivity contribution in [2.75, 3.05) is 20.6 Å². The van der Waals surface area contributed by atoms with Crippen molar-refractivity contribution < 1.29 is 4.79 Å². The Morgan fingerprint density at radius 1 is 1.64 bits per heavy atom. The predicted octanol–water partition coefficient (Wildman–Crippen LogP) is 1.08. The second kappa shape index (κ2) is 5.65. The number of thiazole rings is 1. The highest BCUT2D eigenvalue weighted by molar-refractivity contribution is 7.11. The SMILES string of the molecule is CN(C)Cc1cnc(CCN=C=O)s1. The lowest BCUT2D eigenvalue weighted by molar-refractivity contribution is 0.406. The summed E-state index contributed by atoms with van der Waals surface area (Å²) in [6.07, 6.45) is 4.13. The Morgan fingerprint density at radius 3 is 3.07 bits per heavy atom. The van der Waals surface area contributed by atoms with E-state index in [1.54, 1.807) is 11.3 Å². The van der Waals surface area contributed by atoms with Gasteiger partial charge in [-0.25, -0.2) is 14.8 Å². The van der Waals surface area contributed by atoms with Gasteiger partial charge in [-0.3, -0.25) is 0 Å². The van der Waals surface area contributed by atoms with Gasteiger partial charge in [-0.05, 0) is 14.1 Å². The molecule has 0 N–H and O–H groups in total. The molecule has 0 saturated heterocycles. The molecule has 0 spiro atoms. The quantitative estimate of drug-likeness (QED) is 0.541. The lowest BCUT2D eigenvalue weighted by Gasteiger charge is -2.05. The number of aliphatic imine (C=N–C) groups is 1. The zero-order valence-electron chi connectivity index (χ0n) is 8.36. The van der Waals surface area contributed by atoms with Gasteiger partial charge in [0.05, 0.1) is 11.6 Å². The molecule has 14 heavy (non-hydrogen) atoms. The molecule has 0 aromatic carbocycles. The topological polar surface area (TPSA) is 45.6 Å². The number of isocyanates is 1. The van der Waals surface area contributed by atoms with E-state index in [0.29, 0.717) is 6.54 Å². The molecule has 1 aromatic heterocycles. The molecular weight excluding hydrogens is 198 g/mol. The predicted molar refractivity (Wildman–Crippen MR) is 56.2 cm³/mol. The maximum atomic E-state index is 9.83. The molecule has 0 unspecified atom stereocenters. The fourth-order valence-electron chi connectivity index (χ4n) is 1.05. The maximum absolute atomic E-state index is 9.83. The van der Waals surface area contributed by atoms with Crippen LogP contribution in [0.15, 0.2) is 11.2 Å². The molecule has 5 heteroatoms. The summed E-state index contributed by atoms with van der Waals surface area (Å²) in [5.74, 6) is 0. The van der Waals surface area contributed by atoms with Gasteiger partial charge in [0.2, 0.25) is 6.08 Å². The van der Waals surface area contributed by atoms with Crippen LogP contribution >= 0.6 is 11.3 Å². The van der Waals surface area contributed by atoms with Crippen LogP contribution in [-0.4, -0.2) is 36.6 Å². The van der Waals surface area contributed by atoms with Crippen molar-refractivity contribution in [3.05, 3.63) is 16.1 Å². The second-order valence-corrected chi connectivity index (χ2v) is 4.38.